The Kier molecular flexibility index (Phi) is 6.68. The van der Waals surface area contributed by atoms with Gasteiger partial charge in [0.15, 0.2) is 0 Å². The van der Waals surface area contributed by atoms with Gasteiger partial charge in [-0.15, -0.1) is 0 Å². The first-order valence-corrected chi connectivity index (χ1v) is 15.4. The lowest BCUT2D eigenvalue weighted by Crippen LogP contribution is -2.73. The van der Waals surface area contributed by atoms with Gasteiger partial charge < -0.3 is 24.1 Å². The molecule has 0 aromatic carbocycles. The highest BCUT2D eigenvalue weighted by Crippen LogP contribution is 2.75. The maximum Gasteiger partial charge on any atom is 0.330 e. The topological polar surface area (TPSA) is 91.3 Å². The van der Waals surface area contributed by atoms with Gasteiger partial charge in [0.25, 0.3) is 0 Å². The summed E-state index contributed by atoms with van der Waals surface area (Å²) in [4.78, 5) is 25.4. The Bertz CT molecular complexity index is 1130. The van der Waals surface area contributed by atoms with Crippen LogP contribution in [0, 0.1) is 45.3 Å². The number of allylic oxidation sites excluding steroid dienone is 2. The van der Waals surface area contributed by atoms with Crippen molar-refractivity contribution in [2.75, 3.05) is 19.8 Å². The number of aliphatic hydroxyl groups is 1. The van der Waals surface area contributed by atoms with Crippen molar-refractivity contribution >= 4 is 11.9 Å². The van der Waals surface area contributed by atoms with Gasteiger partial charge in [0.2, 0.25) is 0 Å². The normalized spacial score (nSPS) is 50.8. The van der Waals surface area contributed by atoms with Crippen LogP contribution in [0.1, 0.15) is 80.6 Å². The minimum Gasteiger partial charge on any atom is -0.462 e. The Labute approximate surface area is 239 Å². The van der Waals surface area contributed by atoms with Gasteiger partial charge in [0.05, 0.1) is 18.8 Å². The first-order chi connectivity index (χ1) is 18.8. The molecule has 0 aromatic heterocycles. The summed E-state index contributed by atoms with van der Waals surface area (Å²) in [5.41, 5.74) is 0.777. The molecule has 222 valence electrons. The Morgan fingerprint density at radius 3 is 2.48 bits per heavy atom. The number of carbonyl (C=O) groups excluding carboxylic acids is 2. The van der Waals surface area contributed by atoms with Crippen LogP contribution in [-0.2, 0) is 28.5 Å². The lowest BCUT2D eigenvalue weighted by molar-refractivity contribution is -0.263. The monoisotopic (exact) mass is 556 g/mol. The van der Waals surface area contributed by atoms with Crippen molar-refractivity contribution in [3.05, 3.63) is 23.3 Å². The summed E-state index contributed by atoms with van der Waals surface area (Å²) in [5, 5.41) is 12.4. The second kappa shape index (κ2) is 9.40. The number of aliphatic hydroxyl groups excluding tert-OH is 1. The summed E-state index contributed by atoms with van der Waals surface area (Å²) in [5.74, 6) is 0.313. The summed E-state index contributed by atoms with van der Waals surface area (Å²) < 4.78 is 24.7. The molecule has 12 atom stereocenters. The predicted molar refractivity (Wildman–Crippen MR) is 149 cm³/mol. The van der Waals surface area contributed by atoms with E-state index in [1.807, 2.05) is 13.8 Å². The molecule has 12 unspecified atom stereocenters. The second-order valence-electron chi connectivity index (χ2n) is 14.9. The van der Waals surface area contributed by atoms with Gasteiger partial charge in [0, 0.05) is 54.8 Å². The van der Waals surface area contributed by atoms with E-state index in [0.717, 1.165) is 44.5 Å². The lowest BCUT2D eigenvalue weighted by Gasteiger charge is -2.69. The average Bonchev–Trinajstić information content (AvgIpc) is 3.58. The van der Waals surface area contributed by atoms with Crippen LogP contribution in [-0.4, -0.2) is 61.3 Å². The molecule has 0 radical (unpaired) electrons. The van der Waals surface area contributed by atoms with E-state index in [0.29, 0.717) is 24.9 Å². The minimum absolute atomic E-state index is 0.00111. The summed E-state index contributed by atoms with van der Waals surface area (Å²) in [6, 6.07) is 0. The molecule has 0 bridgehead atoms. The molecule has 0 aromatic rings. The van der Waals surface area contributed by atoms with Gasteiger partial charge in [-0.1, -0.05) is 44.9 Å². The minimum atomic E-state index is -0.702. The van der Waals surface area contributed by atoms with E-state index in [9.17, 15) is 14.7 Å². The van der Waals surface area contributed by atoms with Crippen molar-refractivity contribution in [2.45, 2.75) is 105 Å². The van der Waals surface area contributed by atoms with Crippen molar-refractivity contribution in [1.29, 1.82) is 0 Å². The van der Waals surface area contributed by atoms with Crippen LogP contribution in [0.2, 0.25) is 0 Å². The van der Waals surface area contributed by atoms with E-state index >= 15 is 0 Å². The zero-order valence-electron chi connectivity index (χ0n) is 25.3. The third kappa shape index (κ3) is 3.72. The molecule has 7 nitrogen and oxygen atoms in total. The summed E-state index contributed by atoms with van der Waals surface area (Å²) in [6.45, 7) is 16.4. The fourth-order valence-corrected chi connectivity index (χ4v) is 11.1. The van der Waals surface area contributed by atoms with E-state index in [2.05, 4.69) is 33.8 Å². The molecule has 0 spiro atoms. The molecule has 2 aliphatic heterocycles. The number of ether oxygens (including phenoxy) is 4. The third-order valence-electron chi connectivity index (χ3n) is 12.6. The standard InChI is InChI=1S/C33H48O7/c1-18(2)14-26(35)40-25-15-24(39-19(3)34)31(5)17-38-27-28(31)33(25,7)23-10-12-30(4)21(20-11-13-37-16-20)8-9-22(30)32(23,6)29(27)36/h9,14,20-21,23-25,27-29,36H,8,10-13,15-17H2,1-7H3. The molecule has 3 saturated carbocycles. The maximum absolute atomic E-state index is 13.1. The zero-order valence-corrected chi connectivity index (χ0v) is 25.3. The molecule has 1 N–H and O–H groups in total. The molecule has 40 heavy (non-hydrogen) atoms. The maximum atomic E-state index is 13.1. The van der Waals surface area contributed by atoms with Gasteiger partial charge in [0.1, 0.15) is 12.2 Å². The van der Waals surface area contributed by atoms with Crippen molar-refractivity contribution in [1.82, 2.24) is 0 Å². The highest BCUT2D eigenvalue weighted by atomic mass is 16.6. The van der Waals surface area contributed by atoms with E-state index in [1.54, 1.807) is 6.08 Å². The number of carbonyl (C=O) groups is 2. The number of hydrogen-bond donors (Lipinski definition) is 1. The fourth-order valence-electron chi connectivity index (χ4n) is 11.1. The molecule has 4 aliphatic carbocycles. The van der Waals surface area contributed by atoms with Crippen LogP contribution >= 0.6 is 0 Å². The van der Waals surface area contributed by atoms with Gasteiger partial charge in [-0.3, -0.25) is 4.79 Å². The summed E-state index contributed by atoms with van der Waals surface area (Å²) in [7, 11) is 0. The zero-order chi connectivity index (χ0) is 28.8. The molecule has 2 saturated heterocycles. The summed E-state index contributed by atoms with van der Waals surface area (Å²) >= 11 is 0. The highest BCUT2D eigenvalue weighted by Gasteiger charge is 2.77. The lowest BCUT2D eigenvalue weighted by atomic mass is 9.36. The Morgan fingerprint density at radius 1 is 1.07 bits per heavy atom. The predicted octanol–water partition coefficient (Wildman–Crippen LogP) is 5.01. The van der Waals surface area contributed by atoms with Crippen molar-refractivity contribution in [3.63, 3.8) is 0 Å². The first-order valence-electron chi connectivity index (χ1n) is 15.4. The number of fused-ring (bicyclic) bond motifs is 4. The van der Waals surface area contributed by atoms with Crippen LogP contribution in [0.25, 0.3) is 0 Å². The second-order valence-corrected chi connectivity index (χ2v) is 14.9. The quantitative estimate of drug-likeness (QED) is 0.296. The highest BCUT2D eigenvalue weighted by molar-refractivity contribution is 5.82. The van der Waals surface area contributed by atoms with E-state index in [-0.39, 0.29) is 29.2 Å². The number of esters is 2. The van der Waals surface area contributed by atoms with E-state index < -0.39 is 40.7 Å². The molecular formula is C33H48O7. The Morgan fingerprint density at radius 2 is 1.82 bits per heavy atom. The smallest absolute Gasteiger partial charge is 0.330 e. The number of rotatable bonds is 4. The van der Waals surface area contributed by atoms with Crippen molar-refractivity contribution in [2.24, 2.45) is 45.3 Å². The van der Waals surface area contributed by atoms with Gasteiger partial charge in [-0.2, -0.15) is 0 Å². The van der Waals surface area contributed by atoms with Crippen LogP contribution in [0.3, 0.4) is 0 Å². The van der Waals surface area contributed by atoms with Crippen LogP contribution < -0.4 is 0 Å². The van der Waals surface area contributed by atoms with E-state index in [1.165, 1.54) is 12.5 Å². The van der Waals surface area contributed by atoms with Crippen LogP contribution in [0.4, 0.5) is 0 Å². The molecule has 0 amide bonds. The van der Waals surface area contributed by atoms with Crippen molar-refractivity contribution < 1.29 is 33.6 Å². The number of hydrogen-bond acceptors (Lipinski definition) is 7. The molecule has 2 heterocycles. The Balaban J connectivity index is 1.45. The average molecular weight is 557 g/mol. The fraction of sp³-hybridized carbons (Fsp3) is 0.818. The molecule has 6 aliphatic rings. The van der Waals surface area contributed by atoms with Crippen molar-refractivity contribution in [3.8, 4) is 0 Å². The van der Waals surface area contributed by atoms with Gasteiger partial charge >= 0.3 is 11.9 Å². The largest absolute Gasteiger partial charge is 0.462 e. The molecule has 6 rings (SSSR count). The van der Waals surface area contributed by atoms with Crippen LogP contribution in [0.5, 0.6) is 0 Å². The molecule has 5 fully saturated rings. The third-order valence-corrected chi connectivity index (χ3v) is 12.6. The molecular weight excluding hydrogens is 508 g/mol. The first kappa shape index (κ1) is 28.4. The SMILES string of the molecule is CC(=O)OC1CC(OC(=O)C=C(C)C)C2(C)C3C(OCC13C)C(O)C1(C)C3=CCC(C4CCOC4)C3(C)CCC12. The van der Waals surface area contributed by atoms with Gasteiger partial charge in [-0.25, -0.2) is 4.79 Å². The van der Waals surface area contributed by atoms with E-state index in [4.69, 9.17) is 18.9 Å². The van der Waals surface area contributed by atoms with Gasteiger partial charge in [-0.05, 0) is 62.7 Å². The Hall–Kier alpha value is -1.70. The molecule has 7 heteroatoms. The summed E-state index contributed by atoms with van der Waals surface area (Å²) in [6.07, 6.45) is 6.46. The van der Waals surface area contributed by atoms with Crippen LogP contribution in [0.15, 0.2) is 23.3 Å².